The first-order valence-corrected chi connectivity index (χ1v) is 6.28. The highest BCUT2D eigenvalue weighted by Crippen LogP contribution is 2.33. The van der Waals surface area contributed by atoms with Crippen LogP contribution in [0.2, 0.25) is 0 Å². The molecule has 1 unspecified atom stereocenters. The fourth-order valence-electron chi connectivity index (χ4n) is 1.62. The van der Waals surface area contributed by atoms with E-state index < -0.39 is 17.1 Å². The maximum absolute atomic E-state index is 12.9. The van der Waals surface area contributed by atoms with Crippen LogP contribution >= 0.6 is 0 Å². The van der Waals surface area contributed by atoms with Crippen LogP contribution in [0.5, 0.6) is 0 Å². The molecule has 2 N–H and O–H groups in total. The Balaban J connectivity index is 2.92. The third-order valence-electron chi connectivity index (χ3n) is 2.93. The highest BCUT2D eigenvalue weighted by Gasteiger charge is 2.38. The van der Waals surface area contributed by atoms with Crippen molar-refractivity contribution in [2.24, 2.45) is 11.1 Å². The molecule has 3 nitrogen and oxygen atoms in total. The van der Waals surface area contributed by atoms with Gasteiger partial charge in [-0.15, -0.1) is 0 Å². The average Bonchev–Trinajstić information content (AvgIpc) is 2.26. The number of nitrogens with two attached hydrogens (primary N) is 1. The van der Waals surface area contributed by atoms with Crippen molar-refractivity contribution < 1.29 is 13.9 Å². The quantitative estimate of drug-likeness (QED) is 0.856. The number of halogens is 1. The van der Waals surface area contributed by atoms with E-state index in [1.54, 1.807) is 26.0 Å². The molecule has 0 spiro atoms. The molecule has 1 atom stereocenters. The highest BCUT2D eigenvalue weighted by molar-refractivity contribution is 5.77. The van der Waals surface area contributed by atoms with Crippen molar-refractivity contribution >= 4 is 5.97 Å². The molecule has 0 heterocycles. The van der Waals surface area contributed by atoms with Crippen LogP contribution in [-0.2, 0) is 9.53 Å². The van der Waals surface area contributed by atoms with Crippen molar-refractivity contribution in [2.75, 3.05) is 0 Å². The predicted molar refractivity (Wildman–Crippen MR) is 73.0 cm³/mol. The molecule has 0 aromatic heterocycles. The van der Waals surface area contributed by atoms with Crippen molar-refractivity contribution in [3.8, 4) is 0 Å². The molecule has 0 radical (unpaired) electrons. The molecule has 0 aliphatic carbocycles. The zero-order valence-electron chi connectivity index (χ0n) is 12.2. The largest absolute Gasteiger partial charge is 0.460 e. The Morgan fingerprint density at radius 2 is 1.63 bits per heavy atom. The second-order valence-electron chi connectivity index (χ2n) is 6.25. The normalized spacial score (nSPS) is 14.1. The van der Waals surface area contributed by atoms with E-state index in [4.69, 9.17) is 10.5 Å². The van der Waals surface area contributed by atoms with E-state index in [-0.39, 0.29) is 11.8 Å². The summed E-state index contributed by atoms with van der Waals surface area (Å²) in [5, 5.41) is 0. The third kappa shape index (κ3) is 4.03. The van der Waals surface area contributed by atoms with Crippen LogP contribution in [0.25, 0.3) is 0 Å². The van der Waals surface area contributed by atoms with Crippen LogP contribution in [0, 0.1) is 11.2 Å². The van der Waals surface area contributed by atoms with Crippen LogP contribution in [-0.4, -0.2) is 11.6 Å². The van der Waals surface area contributed by atoms with E-state index in [9.17, 15) is 9.18 Å². The zero-order valence-corrected chi connectivity index (χ0v) is 12.2. The molecule has 1 rings (SSSR count). The summed E-state index contributed by atoms with van der Waals surface area (Å²) < 4.78 is 18.3. The molecular formula is C15H22FNO2. The van der Waals surface area contributed by atoms with Gasteiger partial charge in [0.1, 0.15) is 11.4 Å². The minimum atomic E-state index is -0.884. The lowest BCUT2D eigenvalue weighted by atomic mass is 9.81. The molecule has 0 saturated carbocycles. The summed E-state index contributed by atoms with van der Waals surface area (Å²) in [4.78, 5) is 12.2. The number of carbonyl (C=O) groups excluding carboxylic acids is 1. The van der Waals surface area contributed by atoms with Crippen molar-refractivity contribution in [1.82, 2.24) is 0 Å². The van der Waals surface area contributed by atoms with E-state index in [0.717, 1.165) is 0 Å². The number of esters is 1. The topological polar surface area (TPSA) is 52.3 Å². The lowest BCUT2D eigenvalue weighted by molar-refractivity contribution is -0.167. The van der Waals surface area contributed by atoms with Crippen LogP contribution in [0.1, 0.15) is 46.2 Å². The van der Waals surface area contributed by atoms with Crippen molar-refractivity contribution in [2.45, 2.75) is 46.3 Å². The fraction of sp³-hybridized carbons (Fsp3) is 0.533. The Morgan fingerprint density at radius 1 is 1.16 bits per heavy atom. The van der Waals surface area contributed by atoms with E-state index in [1.807, 2.05) is 20.8 Å². The smallest absolute Gasteiger partial charge is 0.313 e. The van der Waals surface area contributed by atoms with Crippen molar-refractivity contribution in [3.63, 3.8) is 0 Å². The second-order valence-corrected chi connectivity index (χ2v) is 6.25. The molecule has 106 valence electrons. The molecule has 1 aromatic rings. The minimum absolute atomic E-state index is 0.328. The number of rotatable bonds is 3. The van der Waals surface area contributed by atoms with E-state index >= 15 is 0 Å². The van der Waals surface area contributed by atoms with Gasteiger partial charge in [-0.3, -0.25) is 4.79 Å². The molecule has 0 amide bonds. The standard InChI is InChI=1S/C15H22FNO2/c1-14(2,3)19-13(18)15(4,5)12(17)10-6-8-11(16)9-7-10/h6-9,12H,17H2,1-5H3. The predicted octanol–water partition coefficient (Wildman–Crippen LogP) is 3.19. The van der Waals surface area contributed by atoms with Crippen molar-refractivity contribution in [1.29, 1.82) is 0 Å². The summed E-state index contributed by atoms with van der Waals surface area (Å²) in [6, 6.07) is 5.29. The van der Waals surface area contributed by atoms with Gasteiger partial charge in [0.05, 0.1) is 5.41 Å². The average molecular weight is 267 g/mol. The Labute approximate surface area is 113 Å². The van der Waals surface area contributed by atoms with Gasteiger partial charge in [-0.25, -0.2) is 4.39 Å². The summed E-state index contributed by atoms with van der Waals surface area (Å²) in [5.74, 6) is -0.692. The Morgan fingerprint density at radius 3 is 2.05 bits per heavy atom. The molecule has 0 saturated heterocycles. The number of benzene rings is 1. The highest BCUT2D eigenvalue weighted by atomic mass is 19.1. The van der Waals surface area contributed by atoms with Gasteiger partial charge >= 0.3 is 5.97 Å². The van der Waals surface area contributed by atoms with Gasteiger partial charge < -0.3 is 10.5 Å². The van der Waals surface area contributed by atoms with Crippen LogP contribution < -0.4 is 5.73 Å². The van der Waals surface area contributed by atoms with E-state index in [2.05, 4.69) is 0 Å². The lowest BCUT2D eigenvalue weighted by Crippen LogP contribution is -2.41. The number of hydrogen-bond donors (Lipinski definition) is 1. The van der Waals surface area contributed by atoms with Gasteiger partial charge in [-0.2, -0.15) is 0 Å². The maximum atomic E-state index is 12.9. The van der Waals surface area contributed by atoms with Crippen molar-refractivity contribution in [3.05, 3.63) is 35.6 Å². The zero-order chi connectivity index (χ0) is 14.8. The van der Waals surface area contributed by atoms with Gasteiger partial charge in [0.2, 0.25) is 0 Å². The molecule has 0 fully saturated rings. The van der Waals surface area contributed by atoms with Crippen LogP contribution in [0.4, 0.5) is 4.39 Å². The van der Waals surface area contributed by atoms with Crippen LogP contribution in [0.3, 0.4) is 0 Å². The van der Waals surface area contributed by atoms with Gasteiger partial charge in [-0.05, 0) is 52.3 Å². The Kier molecular flexibility index (Phi) is 4.35. The van der Waals surface area contributed by atoms with Crippen LogP contribution in [0.15, 0.2) is 24.3 Å². The lowest BCUT2D eigenvalue weighted by Gasteiger charge is -2.33. The van der Waals surface area contributed by atoms with Gasteiger partial charge in [0.15, 0.2) is 0 Å². The molecule has 1 aromatic carbocycles. The van der Waals surface area contributed by atoms with Gasteiger partial charge in [0, 0.05) is 6.04 Å². The fourth-order valence-corrected chi connectivity index (χ4v) is 1.62. The van der Waals surface area contributed by atoms with Gasteiger partial charge in [-0.1, -0.05) is 12.1 Å². The molecule has 19 heavy (non-hydrogen) atoms. The summed E-state index contributed by atoms with van der Waals surface area (Å²) in [6.07, 6.45) is 0. The first kappa shape index (κ1) is 15.6. The summed E-state index contributed by atoms with van der Waals surface area (Å²) in [7, 11) is 0. The molecule has 4 heteroatoms. The third-order valence-corrected chi connectivity index (χ3v) is 2.93. The number of carbonyl (C=O) groups is 1. The minimum Gasteiger partial charge on any atom is -0.460 e. The van der Waals surface area contributed by atoms with E-state index in [0.29, 0.717) is 5.56 Å². The summed E-state index contributed by atoms with van der Waals surface area (Å²) in [5.41, 5.74) is 5.38. The number of ether oxygens (including phenoxy) is 1. The molecule has 0 aliphatic heterocycles. The summed E-state index contributed by atoms with van der Waals surface area (Å²) in [6.45, 7) is 8.89. The first-order valence-electron chi connectivity index (χ1n) is 6.28. The monoisotopic (exact) mass is 267 g/mol. The molecular weight excluding hydrogens is 245 g/mol. The summed E-state index contributed by atoms with van der Waals surface area (Å²) >= 11 is 0. The molecule has 0 aliphatic rings. The SMILES string of the molecule is CC(C)(C)OC(=O)C(C)(C)C(N)c1ccc(F)cc1. The Hall–Kier alpha value is -1.42. The second kappa shape index (κ2) is 5.29. The van der Waals surface area contributed by atoms with Gasteiger partial charge in [0.25, 0.3) is 0 Å². The number of hydrogen-bond acceptors (Lipinski definition) is 3. The molecule has 0 bridgehead atoms. The van der Waals surface area contributed by atoms with E-state index in [1.165, 1.54) is 12.1 Å². The maximum Gasteiger partial charge on any atom is 0.313 e. The Bertz CT molecular complexity index is 446. The first-order chi connectivity index (χ1) is 8.54.